The molecule has 0 saturated carbocycles. The van der Waals surface area contributed by atoms with E-state index in [9.17, 15) is 9.50 Å². The molecule has 0 aliphatic carbocycles. The summed E-state index contributed by atoms with van der Waals surface area (Å²) >= 11 is 0. The van der Waals surface area contributed by atoms with Crippen LogP contribution in [0.5, 0.6) is 11.8 Å². The summed E-state index contributed by atoms with van der Waals surface area (Å²) in [6.07, 6.45) is 3.77. The summed E-state index contributed by atoms with van der Waals surface area (Å²) < 4.78 is 53.5. The van der Waals surface area contributed by atoms with Gasteiger partial charge in [0.05, 0.1) is 16.5 Å². The van der Waals surface area contributed by atoms with Gasteiger partial charge in [0.2, 0.25) is 0 Å². The lowest BCUT2D eigenvalue weighted by atomic mass is 9.95. The molecule has 50 heavy (non-hydrogen) atoms. The second kappa shape index (κ2) is 13.0. The van der Waals surface area contributed by atoms with Crippen LogP contribution in [0.1, 0.15) is 72.8 Å². The highest BCUT2D eigenvalue weighted by Crippen LogP contribution is 2.44. The Labute approximate surface area is 293 Å². The summed E-state index contributed by atoms with van der Waals surface area (Å²) in [6.45, 7) is 16.1. The van der Waals surface area contributed by atoms with Gasteiger partial charge in [0.1, 0.15) is 49.4 Å². The topological polar surface area (TPSA) is 74.6 Å². The minimum Gasteiger partial charge on any atom is -0.508 e. The number of rotatable bonds is 8. The Morgan fingerprint density at radius 3 is 2.44 bits per heavy atom. The number of halogens is 3. The van der Waals surface area contributed by atoms with E-state index in [2.05, 4.69) is 67.9 Å². The molecule has 3 fully saturated rings. The van der Waals surface area contributed by atoms with Crippen molar-refractivity contribution in [1.29, 1.82) is 0 Å². The van der Waals surface area contributed by atoms with E-state index >= 15 is 8.78 Å². The maximum atomic E-state index is 17.0. The van der Waals surface area contributed by atoms with Gasteiger partial charge in [-0.05, 0) is 66.0 Å². The van der Waals surface area contributed by atoms with Crippen molar-refractivity contribution in [3.8, 4) is 34.5 Å². The van der Waals surface area contributed by atoms with Crippen LogP contribution < -0.4 is 9.64 Å². The number of hydrogen-bond donors (Lipinski definition) is 1. The van der Waals surface area contributed by atoms with Crippen molar-refractivity contribution in [2.45, 2.75) is 95.6 Å². The van der Waals surface area contributed by atoms with Gasteiger partial charge in [-0.15, -0.1) is 5.54 Å². The van der Waals surface area contributed by atoms with Crippen molar-refractivity contribution < 1.29 is 23.0 Å². The van der Waals surface area contributed by atoms with Crippen molar-refractivity contribution in [3.05, 3.63) is 47.7 Å². The van der Waals surface area contributed by atoms with Crippen LogP contribution >= 0.6 is 0 Å². The zero-order chi connectivity index (χ0) is 35.5. The number of nitrogens with zero attached hydrogens (tertiary/aromatic N) is 5. The molecule has 2 aromatic heterocycles. The molecule has 3 aliphatic rings. The number of alkyl halides is 1. The van der Waals surface area contributed by atoms with Gasteiger partial charge in [0.25, 0.3) is 0 Å². The second-order valence-electron chi connectivity index (χ2n) is 15.4. The molecule has 2 atom stereocenters. The highest BCUT2D eigenvalue weighted by Gasteiger charge is 2.49. The quantitative estimate of drug-likeness (QED) is 0.146. The summed E-state index contributed by atoms with van der Waals surface area (Å²) in [5.74, 6) is 2.45. The Hall–Kier alpha value is -3.88. The molecule has 4 aromatic rings. The van der Waals surface area contributed by atoms with E-state index in [1.54, 1.807) is 12.1 Å². The van der Waals surface area contributed by atoms with E-state index in [0.717, 1.165) is 38.9 Å². The fourth-order valence-corrected chi connectivity index (χ4v) is 14.2. The summed E-state index contributed by atoms with van der Waals surface area (Å²) in [5.41, 5.74) is 4.56. The van der Waals surface area contributed by atoms with Crippen molar-refractivity contribution in [3.63, 3.8) is 0 Å². The summed E-state index contributed by atoms with van der Waals surface area (Å²) in [7, 11) is -2.26. The Balaban J connectivity index is 1.40. The van der Waals surface area contributed by atoms with E-state index in [0.29, 0.717) is 51.6 Å². The number of pyridine rings is 1. The molecule has 0 spiro atoms. The Morgan fingerprint density at radius 2 is 1.76 bits per heavy atom. The highest BCUT2D eigenvalue weighted by molar-refractivity contribution is 6.90. The molecular formula is C39H46F3N5O2Si. The van der Waals surface area contributed by atoms with Crippen molar-refractivity contribution in [2.75, 3.05) is 37.7 Å². The monoisotopic (exact) mass is 701 g/mol. The minimum atomic E-state index is -2.26. The molecule has 11 heteroatoms. The predicted molar refractivity (Wildman–Crippen MR) is 195 cm³/mol. The third kappa shape index (κ3) is 5.68. The van der Waals surface area contributed by atoms with Gasteiger partial charge in [-0.25, -0.2) is 23.1 Å². The van der Waals surface area contributed by atoms with Gasteiger partial charge < -0.3 is 14.7 Å². The third-order valence-corrected chi connectivity index (χ3v) is 17.9. The van der Waals surface area contributed by atoms with Crippen LogP contribution in [0, 0.1) is 23.1 Å². The first-order valence-electron chi connectivity index (χ1n) is 18.0. The number of benzene rings is 2. The molecule has 0 amide bonds. The number of fused-ring (bicyclic) bond motifs is 3. The van der Waals surface area contributed by atoms with Crippen LogP contribution in [0.25, 0.3) is 32.9 Å². The van der Waals surface area contributed by atoms with E-state index in [4.69, 9.17) is 9.72 Å². The zero-order valence-corrected chi connectivity index (χ0v) is 30.8. The smallest absolute Gasteiger partial charge is 0.317 e. The second-order valence-corrected chi connectivity index (χ2v) is 21.0. The van der Waals surface area contributed by atoms with E-state index in [1.165, 1.54) is 18.3 Å². The number of aromatic nitrogens is 3. The molecule has 0 bridgehead atoms. The number of phenols is 1. The largest absolute Gasteiger partial charge is 0.508 e. The number of ether oxygens (including phenoxy) is 1. The first-order valence-corrected chi connectivity index (χ1v) is 20.2. The Bertz CT molecular complexity index is 2000. The van der Waals surface area contributed by atoms with Crippen LogP contribution in [-0.2, 0) is 0 Å². The predicted octanol–water partition coefficient (Wildman–Crippen LogP) is 8.56. The first kappa shape index (κ1) is 34.6. The zero-order valence-electron chi connectivity index (χ0n) is 29.8. The number of phenolic OH excluding ortho intramolecular Hbond substituents is 1. The Morgan fingerprint density at radius 1 is 1.02 bits per heavy atom. The number of aromatic hydroxyl groups is 1. The van der Waals surface area contributed by atoms with Gasteiger partial charge in [0, 0.05) is 43.2 Å². The molecule has 0 unspecified atom stereocenters. The lowest BCUT2D eigenvalue weighted by Crippen LogP contribution is -2.43. The summed E-state index contributed by atoms with van der Waals surface area (Å²) in [4.78, 5) is 18.0. The van der Waals surface area contributed by atoms with Crippen molar-refractivity contribution in [1.82, 2.24) is 19.9 Å². The molecule has 3 saturated heterocycles. The average Bonchev–Trinajstić information content (AvgIpc) is 3.56. The Kier molecular flexibility index (Phi) is 9.00. The van der Waals surface area contributed by atoms with Crippen LogP contribution in [0.4, 0.5) is 19.0 Å². The van der Waals surface area contributed by atoms with Gasteiger partial charge >= 0.3 is 6.01 Å². The van der Waals surface area contributed by atoms with E-state index < -0.39 is 31.4 Å². The van der Waals surface area contributed by atoms with Crippen LogP contribution in [0.15, 0.2) is 30.5 Å². The molecule has 264 valence electrons. The van der Waals surface area contributed by atoms with Gasteiger partial charge in [-0.1, -0.05) is 53.5 Å². The molecule has 7 nitrogen and oxygen atoms in total. The maximum absolute atomic E-state index is 17.0. The highest BCUT2D eigenvalue weighted by atomic mass is 28.3. The molecule has 1 N–H and O–H groups in total. The lowest BCUT2D eigenvalue weighted by molar-refractivity contribution is 0.107. The normalized spacial score (nSPS) is 21.0. The van der Waals surface area contributed by atoms with Crippen LogP contribution in [-0.4, -0.2) is 77.5 Å². The molecular weight excluding hydrogens is 656 g/mol. The SMILES string of the molecule is CC(C)[Si](C#Cc1c(F)ccc2cc(O)cc(-c3nc(N4CCC4)c4cnc(OC[C@@]56CCCN5C[C@H](F)C6)nc4c3F)c12)(C(C)C)C(C)C. The van der Waals surface area contributed by atoms with Gasteiger partial charge in [-0.2, -0.15) is 4.98 Å². The third-order valence-electron chi connectivity index (χ3n) is 11.6. The average molecular weight is 702 g/mol. The fraction of sp³-hybridized carbons (Fsp3) is 0.513. The first-order chi connectivity index (χ1) is 23.8. The van der Waals surface area contributed by atoms with Gasteiger partial charge in [-0.3, -0.25) is 4.90 Å². The van der Waals surface area contributed by atoms with E-state index in [-0.39, 0.29) is 40.7 Å². The molecule has 2 aromatic carbocycles. The van der Waals surface area contributed by atoms with Crippen LogP contribution in [0.3, 0.4) is 0 Å². The summed E-state index contributed by atoms with van der Waals surface area (Å²) in [5, 5.41) is 12.2. The molecule has 3 aliphatic heterocycles. The van der Waals surface area contributed by atoms with Crippen molar-refractivity contribution >= 4 is 35.6 Å². The standard InChI is InChI=1S/C39H46F3N5O2Si/c1-23(2)50(24(3)4,25(5)6)16-11-29-32(41)10-9-26-17-28(48)18-30(33(26)29)35-34(42)36-31(37(44-35)46-13-8-14-46)20-43-38(45-36)49-22-39-12-7-15-47(39)21-27(40)19-39/h9-10,17-18,20,23-25,27,48H,7-8,12-15,19,21-22H2,1-6H3/t27-,39+/m1/s1. The number of anilines is 1. The molecule has 7 rings (SSSR count). The van der Waals surface area contributed by atoms with Gasteiger partial charge in [0.15, 0.2) is 5.82 Å². The molecule has 0 radical (unpaired) electrons. The summed E-state index contributed by atoms with van der Waals surface area (Å²) in [6, 6.07) is 5.91. The van der Waals surface area contributed by atoms with E-state index in [1.807, 2.05) is 4.90 Å². The van der Waals surface area contributed by atoms with Crippen LogP contribution in [0.2, 0.25) is 16.6 Å². The minimum absolute atomic E-state index is 0.00219. The number of hydrogen-bond acceptors (Lipinski definition) is 7. The molecule has 5 heterocycles. The fourth-order valence-electron chi connectivity index (χ4n) is 9.03. The lowest BCUT2D eigenvalue weighted by Gasteiger charge is -2.38. The van der Waals surface area contributed by atoms with Crippen molar-refractivity contribution in [2.24, 2.45) is 0 Å². The maximum Gasteiger partial charge on any atom is 0.317 e.